The lowest BCUT2D eigenvalue weighted by molar-refractivity contribution is -0.141. The first kappa shape index (κ1) is 19.2. The molecule has 144 valence electrons. The number of benzene rings is 1. The zero-order valence-corrected chi connectivity index (χ0v) is 14.9. The molecule has 2 aromatic rings. The fraction of sp³-hybridized carbons (Fsp3) is 0.400. The molecule has 1 fully saturated rings. The molecule has 1 amide bonds. The van der Waals surface area contributed by atoms with Crippen LogP contribution in [0.2, 0.25) is 0 Å². The Morgan fingerprint density at radius 2 is 1.85 bits per heavy atom. The Morgan fingerprint density at radius 3 is 2.52 bits per heavy atom. The molecular formula is C20H22F3N3O. The van der Waals surface area contributed by atoms with Crippen LogP contribution in [0.1, 0.15) is 30.5 Å². The van der Waals surface area contributed by atoms with Gasteiger partial charge in [-0.15, -0.1) is 0 Å². The minimum atomic E-state index is -4.45. The first-order chi connectivity index (χ1) is 12.9. The summed E-state index contributed by atoms with van der Waals surface area (Å²) in [6, 6.07) is 12.5. The van der Waals surface area contributed by atoms with E-state index in [0.29, 0.717) is 38.0 Å². The highest BCUT2D eigenvalue weighted by molar-refractivity contribution is 5.76. The molecule has 1 aliphatic rings. The number of likely N-dealkylation sites (tertiary alicyclic amines) is 1. The maximum atomic E-state index is 12.7. The quantitative estimate of drug-likeness (QED) is 0.852. The summed E-state index contributed by atoms with van der Waals surface area (Å²) in [6.07, 6.45) is -0.683. The predicted molar refractivity (Wildman–Crippen MR) is 97.2 cm³/mol. The zero-order chi connectivity index (χ0) is 19.3. The number of amides is 1. The SMILES string of the molecule is O=C(CCc1ccccc1)N1CCC(Nc2ccnc(C(F)(F)F)c2)CC1. The van der Waals surface area contributed by atoms with Crippen LogP contribution < -0.4 is 5.32 Å². The van der Waals surface area contributed by atoms with Crippen LogP contribution in [-0.4, -0.2) is 34.9 Å². The number of carbonyl (C=O) groups is 1. The summed E-state index contributed by atoms with van der Waals surface area (Å²) in [4.78, 5) is 17.6. The molecule has 0 radical (unpaired) electrons. The number of hydrogen-bond donors (Lipinski definition) is 1. The van der Waals surface area contributed by atoms with Crippen LogP contribution in [0, 0.1) is 0 Å². The van der Waals surface area contributed by atoms with Gasteiger partial charge >= 0.3 is 6.18 Å². The number of nitrogens with one attached hydrogen (secondary N) is 1. The van der Waals surface area contributed by atoms with E-state index in [1.165, 1.54) is 6.07 Å². The van der Waals surface area contributed by atoms with Gasteiger partial charge in [0.05, 0.1) is 0 Å². The molecule has 4 nitrogen and oxygen atoms in total. The smallest absolute Gasteiger partial charge is 0.382 e. The molecule has 1 aromatic carbocycles. The van der Waals surface area contributed by atoms with Gasteiger partial charge in [-0.1, -0.05) is 30.3 Å². The van der Waals surface area contributed by atoms with E-state index in [9.17, 15) is 18.0 Å². The highest BCUT2D eigenvalue weighted by atomic mass is 19.4. The average Bonchev–Trinajstić information content (AvgIpc) is 2.67. The summed E-state index contributed by atoms with van der Waals surface area (Å²) < 4.78 is 38.2. The standard InChI is InChI=1S/C20H22F3N3O/c21-20(22,23)18-14-17(8-11-24-18)25-16-9-12-26(13-10-16)19(27)7-6-15-4-2-1-3-5-15/h1-5,8,11,14,16H,6-7,9-10,12-13H2,(H,24,25). The van der Waals surface area contributed by atoms with Gasteiger partial charge in [-0.3, -0.25) is 9.78 Å². The lowest BCUT2D eigenvalue weighted by Gasteiger charge is -2.33. The van der Waals surface area contributed by atoms with E-state index in [1.807, 2.05) is 35.2 Å². The Hall–Kier alpha value is -2.57. The number of pyridine rings is 1. The van der Waals surface area contributed by atoms with Crippen molar-refractivity contribution in [2.24, 2.45) is 0 Å². The minimum absolute atomic E-state index is 0.0478. The van der Waals surface area contributed by atoms with Gasteiger partial charge in [-0.25, -0.2) is 0 Å². The van der Waals surface area contributed by atoms with Crippen molar-refractivity contribution < 1.29 is 18.0 Å². The molecule has 0 aliphatic carbocycles. The normalized spacial score (nSPS) is 15.6. The molecule has 0 spiro atoms. The Balaban J connectivity index is 1.47. The molecule has 1 saturated heterocycles. The van der Waals surface area contributed by atoms with Crippen molar-refractivity contribution in [1.82, 2.24) is 9.88 Å². The van der Waals surface area contributed by atoms with Gasteiger partial charge in [0.25, 0.3) is 0 Å². The average molecular weight is 377 g/mol. The summed E-state index contributed by atoms with van der Waals surface area (Å²) >= 11 is 0. The lowest BCUT2D eigenvalue weighted by atomic mass is 10.0. The second-order valence-electron chi connectivity index (χ2n) is 6.71. The second-order valence-corrected chi connectivity index (χ2v) is 6.71. The molecule has 1 aromatic heterocycles. The van der Waals surface area contributed by atoms with E-state index in [0.717, 1.165) is 24.2 Å². The van der Waals surface area contributed by atoms with Gasteiger partial charge in [-0.05, 0) is 37.0 Å². The molecule has 1 N–H and O–H groups in total. The number of hydrogen-bond acceptors (Lipinski definition) is 3. The number of alkyl halides is 3. The molecule has 0 bridgehead atoms. The molecule has 0 saturated carbocycles. The Labute approximate surface area is 156 Å². The number of anilines is 1. The van der Waals surface area contributed by atoms with Crippen LogP contribution in [0.4, 0.5) is 18.9 Å². The lowest BCUT2D eigenvalue weighted by Crippen LogP contribution is -2.42. The van der Waals surface area contributed by atoms with Crippen molar-refractivity contribution in [3.8, 4) is 0 Å². The molecule has 0 atom stereocenters. The monoisotopic (exact) mass is 377 g/mol. The Morgan fingerprint density at radius 1 is 1.15 bits per heavy atom. The van der Waals surface area contributed by atoms with Gasteiger partial charge in [0.15, 0.2) is 0 Å². The maximum Gasteiger partial charge on any atom is 0.433 e. The van der Waals surface area contributed by atoms with Gasteiger partial charge in [0.2, 0.25) is 5.91 Å². The van der Waals surface area contributed by atoms with Crippen molar-refractivity contribution in [3.63, 3.8) is 0 Å². The molecule has 27 heavy (non-hydrogen) atoms. The van der Waals surface area contributed by atoms with Crippen molar-refractivity contribution in [1.29, 1.82) is 0 Å². The fourth-order valence-corrected chi connectivity index (χ4v) is 3.24. The van der Waals surface area contributed by atoms with Crippen LogP contribution in [0.3, 0.4) is 0 Å². The summed E-state index contributed by atoms with van der Waals surface area (Å²) in [5.74, 6) is 0.126. The number of carbonyl (C=O) groups excluding carboxylic acids is 1. The largest absolute Gasteiger partial charge is 0.433 e. The molecule has 1 aliphatic heterocycles. The first-order valence-corrected chi connectivity index (χ1v) is 9.03. The summed E-state index contributed by atoms with van der Waals surface area (Å²) in [6.45, 7) is 1.23. The van der Waals surface area contributed by atoms with Crippen LogP contribution >= 0.6 is 0 Å². The number of nitrogens with zero attached hydrogens (tertiary/aromatic N) is 2. The van der Waals surface area contributed by atoms with Crippen LogP contribution in [0.5, 0.6) is 0 Å². The van der Waals surface area contributed by atoms with E-state index in [2.05, 4.69) is 10.3 Å². The van der Waals surface area contributed by atoms with E-state index in [-0.39, 0.29) is 11.9 Å². The third-order valence-corrected chi connectivity index (χ3v) is 4.74. The van der Waals surface area contributed by atoms with E-state index < -0.39 is 11.9 Å². The third kappa shape index (κ3) is 5.45. The van der Waals surface area contributed by atoms with Gasteiger partial charge < -0.3 is 10.2 Å². The van der Waals surface area contributed by atoms with E-state index >= 15 is 0 Å². The highest BCUT2D eigenvalue weighted by Crippen LogP contribution is 2.29. The van der Waals surface area contributed by atoms with Crippen LogP contribution in [-0.2, 0) is 17.4 Å². The van der Waals surface area contributed by atoms with Gasteiger partial charge in [0.1, 0.15) is 5.69 Å². The third-order valence-electron chi connectivity index (χ3n) is 4.74. The topological polar surface area (TPSA) is 45.2 Å². The number of rotatable bonds is 5. The predicted octanol–water partition coefficient (Wildman–Crippen LogP) is 4.14. The Kier molecular flexibility index (Phi) is 5.98. The van der Waals surface area contributed by atoms with Crippen molar-refractivity contribution in [2.75, 3.05) is 18.4 Å². The summed E-state index contributed by atoms with van der Waals surface area (Å²) in [5.41, 5.74) is 0.646. The molecule has 3 rings (SSSR count). The highest BCUT2D eigenvalue weighted by Gasteiger charge is 2.32. The van der Waals surface area contributed by atoms with Crippen molar-refractivity contribution >= 4 is 11.6 Å². The Bertz CT molecular complexity index is 757. The van der Waals surface area contributed by atoms with E-state index in [4.69, 9.17) is 0 Å². The number of piperidine rings is 1. The number of halogens is 3. The van der Waals surface area contributed by atoms with Crippen molar-refractivity contribution in [2.45, 2.75) is 37.9 Å². The summed E-state index contributed by atoms with van der Waals surface area (Å²) in [7, 11) is 0. The number of aryl methyl sites for hydroxylation is 1. The van der Waals surface area contributed by atoms with Gasteiger partial charge in [0, 0.05) is 37.4 Å². The number of aromatic nitrogens is 1. The van der Waals surface area contributed by atoms with E-state index in [1.54, 1.807) is 0 Å². The first-order valence-electron chi connectivity index (χ1n) is 9.03. The summed E-state index contributed by atoms with van der Waals surface area (Å²) in [5, 5.41) is 3.13. The molecule has 7 heteroatoms. The molecule has 2 heterocycles. The van der Waals surface area contributed by atoms with Gasteiger partial charge in [-0.2, -0.15) is 13.2 Å². The van der Waals surface area contributed by atoms with Crippen LogP contribution in [0.15, 0.2) is 48.7 Å². The minimum Gasteiger partial charge on any atom is -0.382 e. The molecular weight excluding hydrogens is 355 g/mol. The molecule has 0 unspecified atom stereocenters. The zero-order valence-electron chi connectivity index (χ0n) is 14.9. The van der Waals surface area contributed by atoms with Crippen molar-refractivity contribution in [3.05, 3.63) is 59.9 Å². The maximum absolute atomic E-state index is 12.7. The second kappa shape index (κ2) is 8.41. The fourth-order valence-electron chi connectivity index (χ4n) is 3.24. The van der Waals surface area contributed by atoms with Crippen LogP contribution in [0.25, 0.3) is 0 Å².